The zero-order valence-electron chi connectivity index (χ0n) is 11.7. The van der Waals surface area contributed by atoms with Crippen molar-refractivity contribution in [3.8, 4) is 0 Å². The summed E-state index contributed by atoms with van der Waals surface area (Å²) in [7, 11) is 1.69. The third-order valence-electron chi connectivity index (χ3n) is 2.24. The molecule has 3 N–H and O–H groups in total. The first-order chi connectivity index (χ1) is 8.40. The molecule has 1 aromatic carbocycles. The van der Waals surface area contributed by atoms with Gasteiger partial charge in [0.05, 0.1) is 13.2 Å². The lowest BCUT2D eigenvalue weighted by Gasteiger charge is -2.21. The molecule has 0 aliphatic carbocycles. The zero-order chi connectivity index (χ0) is 13.6. The molecule has 0 saturated carbocycles. The van der Waals surface area contributed by atoms with Gasteiger partial charge in [0.15, 0.2) is 5.96 Å². The van der Waals surface area contributed by atoms with E-state index in [1.807, 2.05) is 18.2 Å². The summed E-state index contributed by atoms with van der Waals surface area (Å²) < 4.78 is 5.10. The number of benzene rings is 1. The van der Waals surface area contributed by atoms with Crippen LogP contribution in [0.15, 0.2) is 29.3 Å². The highest BCUT2D eigenvalue weighted by Crippen LogP contribution is 2.07. The van der Waals surface area contributed by atoms with Gasteiger partial charge < -0.3 is 15.8 Å². The van der Waals surface area contributed by atoms with Crippen LogP contribution in [0.3, 0.4) is 0 Å². The van der Waals surface area contributed by atoms with E-state index in [0.29, 0.717) is 19.1 Å². The summed E-state index contributed by atoms with van der Waals surface area (Å²) in [5.74, 6) is 0.472. The van der Waals surface area contributed by atoms with Gasteiger partial charge >= 0.3 is 0 Å². The summed E-state index contributed by atoms with van der Waals surface area (Å²) in [6.07, 6.45) is 0. The predicted octanol–water partition coefficient (Wildman–Crippen LogP) is 2.04. The summed E-state index contributed by atoms with van der Waals surface area (Å²) in [5.41, 5.74) is 8.03. The average Bonchev–Trinajstić information content (AvgIpc) is 2.25. The van der Waals surface area contributed by atoms with Gasteiger partial charge in [-0.2, -0.15) is 0 Å². The second kappa shape index (κ2) is 6.40. The zero-order valence-corrected chi connectivity index (χ0v) is 11.7. The number of rotatable bonds is 4. The van der Waals surface area contributed by atoms with Crippen molar-refractivity contribution in [2.24, 2.45) is 10.7 Å². The Morgan fingerprint density at radius 2 is 2.00 bits per heavy atom. The minimum Gasteiger partial charge on any atom is -0.380 e. The van der Waals surface area contributed by atoms with Crippen LogP contribution in [0.4, 0.5) is 0 Å². The Bertz CT molecular complexity index is 408. The van der Waals surface area contributed by atoms with Gasteiger partial charge in [-0.1, -0.05) is 24.3 Å². The van der Waals surface area contributed by atoms with Crippen LogP contribution in [-0.4, -0.2) is 18.6 Å². The lowest BCUT2D eigenvalue weighted by Crippen LogP contribution is -2.44. The van der Waals surface area contributed by atoms with Crippen molar-refractivity contribution in [1.29, 1.82) is 0 Å². The quantitative estimate of drug-likeness (QED) is 0.634. The van der Waals surface area contributed by atoms with Gasteiger partial charge in [0.25, 0.3) is 0 Å². The van der Waals surface area contributed by atoms with Gasteiger partial charge in [0, 0.05) is 12.6 Å². The number of guanidine groups is 1. The van der Waals surface area contributed by atoms with Crippen molar-refractivity contribution in [2.45, 2.75) is 39.5 Å². The maximum Gasteiger partial charge on any atom is 0.189 e. The molecule has 0 unspecified atom stereocenters. The number of hydrogen-bond acceptors (Lipinski definition) is 2. The van der Waals surface area contributed by atoms with E-state index in [4.69, 9.17) is 10.5 Å². The molecule has 0 saturated heterocycles. The first kappa shape index (κ1) is 14.5. The maximum absolute atomic E-state index is 5.82. The molecule has 0 bridgehead atoms. The number of nitrogens with two attached hydrogens (primary N) is 1. The third-order valence-corrected chi connectivity index (χ3v) is 2.24. The van der Waals surface area contributed by atoms with Gasteiger partial charge in [-0.05, 0) is 31.9 Å². The second-order valence-corrected chi connectivity index (χ2v) is 5.33. The summed E-state index contributed by atoms with van der Waals surface area (Å²) in [4.78, 5) is 4.32. The summed E-state index contributed by atoms with van der Waals surface area (Å²) in [5, 5.41) is 3.13. The van der Waals surface area contributed by atoms with Crippen LogP contribution in [0.1, 0.15) is 31.9 Å². The Kier molecular flexibility index (Phi) is 5.16. The molecule has 1 rings (SSSR count). The highest BCUT2D eigenvalue weighted by atomic mass is 16.5. The van der Waals surface area contributed by atoms with E-state index >= 15 is 0 Å². The van der Waals surface area contributed by atoms with Crippen LogP contribution in [0.5, 0.6) is 0 Å². The van der Waals surface area contributed by atoms with E-state index in [1.165, 1.54) is 0 Å². The molecule has 4 heteroatoms. The van der Waals surface area contributed by atoms with Crippen LogP contribution in [0, 0.1) is 0 Å². The maximum atomic E-state index is 5.82. The molecule has 0 amide bonds. The van der Waals surface area contributed by atoms with Crippen LogP contribution in [0.2, 0.25) is 0 Å². The topological polar surface area (TPSA) is 59.6 Å². The number of methoxy groups -OCH3 is 1. The lowest BCUT2D eigenvalue weighted by molar-refractivity contribution is 0.185. The van der Waals surface area contributed by atoms with Gasteiger partial charge in [-0.15, -0.1) is 0 Å². The van der Waals surface area contributed by atoms with Crippen LogP contribution in [-0.2, 0) is 17.9 Å². The largest absolute Gasteiger partial charge is 0.380 e. The van der Waals surface area contributed by atoms with Crippen LogP contribution in [0.25, 0.3) is 0 Å². The fraction of sp³-hybridized carbons (Fsp3) is 0.500. The van der Waals surface area contributed by atoms with E-state index in [2.05, 4.69) is 37.1 Å². The van der Waals surface area contributed by atoms with Crippen LogP contribution >= 0.6 is 0 Å². The summed E-state index contributed by atoms with van der Waals surface area (Å²) >= 11 is 0. The third kappa shape index (κ3) is 5.68. The fourth-order valence-corrected chi connectivity index (χ4v) is 1.58. The second-order valence-electron chi connectivity index (χ2n) is 5.33. The molecule has 0 heterocycles. The van der Waals surface area contributed by atoms with Crippen molar-refractivity contribution in [3.63, 3.8) is 0 Å². The molecule has 0 aliphatic rings. The molecule has 0 aliphatic heterocycles. The molecule has 0 radical (unpaired) electrons. The van der Waals surface area contributed by atoms with E-state index < -0.39 is 0 Å². The molecule has 0 spiro atoms. The Morgan fingerprint density at radius 1 is 1.33 bits per heavy atom. The number of aliphatic imine (C=N–C) groups is 1. The standard InChI is InChI=1S/C14H23N3O/c1-14(2,3)17-13(15)16-9-11-6-5-7-12(8-11)10-18-4/h5-8H,9-10H2,1-4H3,(H3,15,16,17). The first-order valence-electron chi connectivity index (χ1n) is 6.05. The van der Waals surface area contributed by atoms with E-state index in [-0.39, 0.29) is 5.54 Å². The number of nitrogens with one attached hydrogen (secondary N) is 1. The Labute approximate surface area is 109 Å². The van der Waals surface area contributed by atoms with Crippen molar-refractivity contribution < 1.29 is 4.74 Å². The molecule has 100 valence electrons. The van der Waals surface area contributed by atoms with Gasteiger partial charge in [0.1, 0.15) is 0 Å². The van der Waals surface area contributed by atoms with E-state index in [1.54, 1.807) is 7.11 Å². The number of hydrogen-bond donors (Lipinski definition) is 2. The van der Waals surface area contributed by atoms with Crippen LogP contribution < -0.4 is 11.1 Å². The van der Waals surface area contributed by atoms with E-state index in [9.17, 15) is 0 Å². The molecule has 1 aromatic rings. The average molecular weight is 249 g/mol. The van der Waals surface area contributed by atoms with Gasteiger partial charge in [-0.25, -0.2) is 4.99 Å². The minimum atomic E-state index is -0.0640. The monoisotopic (exact) mass is 249 g/mol. The summed E-state index contributed by atoms with van der Waals surface area (Å²) in [6, 6.07) is 8.16. The number of ether oxygens (including phenoxy) is 1. The highest BCUT2D eigenvalue weighted by Gasteiger charge is 2.09. The summed E-state index contributed by atoms with van der Waals surface area (Å²) in [6.45, 7) is 7.34. The molecule has 4 nitrogen and oxygen atoms in total. The number of nitrogens with zero attached hydrogens (tertiary/aromatic N) is 1. The lowest BCUT2D eigenvalue weighted by atomic mass is 10.1. The molecule has 0 aromatic heterocycles. The Morgan fingerprint density at radius 3 is 2.61 bits per heavy atom. The Hall–Kier alpha value is -1.55. The highest BCUT2D eigenvalue weighted by molar-refractivity contribution is 5.78. The molecular formula is C14H23N3O. The van der Waals surface area contributed by atoms with Crippen molar-refractivity contribution in [3.05, 3.63) is 35.4 Å². The Balaban J connectivity index is 2.62. The SMILES string of the molecule is COCc1cccc(CN=C(N)NC(C)(C)C)c1. The molecule has 0 fully saturated rings. The molecule has 18 heavy (non-hydrogen) atoms. The van der Waals surface area contributed by atoms with Gasteiger partial charge in [0.2, 0.25) is 0 Å². The fourth-order valence-electron chi connectivity index (χ4n) is 1.58. The molecular weight excluding hydrogens is 226 g/mol. The predicted molar refractivity (Wildman–Crippen MR) is 75.4 cm³/mol. The molecule has 0 atom stereocenters. The van der Waals surface area contributed by atoms with Crippen molar-refractivity contribution in [2.75, 3.05) is 7.11 Å². The normalized spacial score (nSPS) is 12.6. The first-order valence-corrected chi connectivity index (χ1v) is 6.05. The van der Waals surface area contributed by atoms with Crippen molar-refractivity contribution >= 4 is 5.96 Å². The smallest absolute Gasteiger partial charge is 0.189 e. The van der Waals surface area contributed by atoms with E-state index in [0.717, 1.165) is 11.1 Å². The van der Waals surface area contributed by atoms with Gasteiger partial charge in [-0.3, -0.25) is 0 Å². The minimum absolute atomic E-state index is 0.0640. The van der Waals surface area contributed by atoms with Crippen molar-refractivity contribution in [1.82, 2.24) is 5.32 Å².